The molecule has 0 aromatic carbocycles. The summed E-state index contributed by atoms with van der Waals surface area (Å²) in [4.78, 5) is 0. The molecule has 0 bridgehead atoms. The Balaban J connectivity index is -0.0000000267. The van der Waals surface area contributed by atoms with Gasteiger partial charge in [0, 0.05) is 20.4 Å². The van der Waals surface area contributed by atoms with Crippen molar-refractivity contribution in [2.75, 3.05) is 0 Å². The van der Waals surface area contributed by atoms with Crippen LogP contribution in [0.15, 0.2) is 0 Å². The molecule has 7 heavy (non-hydrogen) atoms. The Bertz CT molecular complexity index is 99.2. The molecule has 0 saturated heterocycles. The smallest absolute Gasteiger partial charge is 1.00 e. The van der Waals surface area contributed by atoms with E-state index >= 15 is 0 Å². The summed E-state index contributed by atoms with van der Waals surface area (Å²) < 4.78 is 31.6. The molecule has 7 heteroatoms. The summed E-state index contributed by atoms with van der Waals surface area (Å²) in [5, 5.41) is 0. The monoisotopic (exact) mass is 309 g/mol. The summed E-state index contributed by atoms with van der Waals surface area (Å²) in [7, 11) is -4.67. The van der Waals surface area contributed by atoms with Crippen molar-refractivity contribution in [2.45, 2.75) is 0 Å². The molecular weight excluding hydrogens is 305 g/mol. The van der Waals surface area contributed by atoms with E-state index in [1.165, 1.54) is 0 Å². The molecule has 0 unspecified atom stereocenters. The minimum atomic E-state index is -4.67. The predicted octanol–water partition coefficient (Wildman–Crippen LogP) is -3.54. The number of rotatable bonds is 0. The molecule has 0 atom stereocenters. The molecular formula is H3NaO4ReS. The van der Waals surface area contributed by atoms with Crippen LogP contribution < -0.4 is 29.6 Å². The molecule has 0 spiro atoms. The first-order valence-electron chi connectivity index (χ1n) is 0.698. The Morgan fingerprint density at radius 2 is 1.29 bits per heavy atom. The summed E-state index contributed by atoms with van der Waals surface area (Å²) in [6.45, 7) is 0. The van der Waals surface area contributed by atoms with E-state index in [4.69, 9.17) is 17.5 Å². The van der Waals surface area contributed by atoms with Gasteiger partial charge in [0.05, 0.1) is 0 Å². The van der Waals surface area contributed by atoms with Gasteiger partial charge in [-0.1, -0.05) is 0 Å². The number of hydrogen-bond acceptors (Lipinski definition) is 2. The first-order valence-corrected chi connectivity index (χ1v) is 2.10. The molecule has 0 saturated carbocycles. The fourth-order valence-corrected chi connectivity index (χ4v) is 0. The van der Waals surface area contributed by atoms with Crippen LogP contribution in [0.3, 0.4) is 0 Å². The Morgan fingerprint density at radius 3 is 1.29 bits per heavy atom. The molecule has 1 radical (unpaired) electrons. The standard InChI is InChI=1S/Na.H2O4S.Re.H/c;1-5(2,3)4;;/h;(H2,1,2,3,4);;/q+1;;;-1. The van der Waals surface area contributed by atoms with Gasteiger partial charge >= 0.3 is 40.0 Å². The molecule has 4 nitrogen and oxygen atoms in total. The van der Waals surface area contributed by atoms with Crippen LogP contribution in [0.5, 0.6) is 0 Å². The Morgan fingerprint density at radius 1 is 1.29 bits per heavy atom. The third kappa shape index (κ3) is 98.2. The van der Waals surface area contributed by atoms with Crippen LogP contribution in [-0.4, -0.2) is 17.5 Å². The van der Waals surface area contributed by atoms with E-state index in [9.17, 15) is 0 Å². The van der Waals surface area contributed by atoms with E-state index in [0.717, 1.165) is 0 Å². The first-order chi connectivity index (χ1) is 2.00. The van der Waals surface area contributed by atoms with Crippen molar-refractivity contribution < 1.29 is 68.9 Å². The maximum atomic E-state index is 8.74. The van der Waals surface area contributed by atoms with E-state index < -0.39 is 10.4 Å². The van der Waals surface area contributed by atoms with E-state index in [0.29, 0.717) is 0 Å². The van der Waals surface area contributed by atoms with Gasteiger partial charge in [-0.3, -0.25) is 9.11 Å². The second kappa shape index (κ2) is 5.67. The molecule has 2 N–H and O–H groups in total. The van der Waals surface area contributed by atoms with E-state index in [1.807, 2.05) is 0 Å². The summed E-state index contributed by atoms with van der Waals surface area (Å²) in [6.07, 6.45) is 0. The van der Waals surface area contributed by atoms with Crippen molar-refractivity contribution in [3.8, 4) is 0 Å². The predicted molar refractivity (Wildman–Crippen MR) is 15.3 cm³/mol. The Kier molecular flexibility index (Phi) is 12.8. The van der Waals surface area contributed by atoms with E-state index in [1.54, 1.807) is 0 Å². The molecule has 0 aliphatic rings. The summed E-state index contributed by atoms with van der Waals surface area (Å²) >= 11 is 0. The average Bonchev–Trinajstić information content (AvgIpc) is 0.722. The van der Waals surface area contributed by atoms with Crippen molar-refractivity contribution in [1.29, 1.82) is 0 Å². The van der Waals surface area contributed by atoms with Crippen molar-refractivity contribution in [3.63, 3.8) is 0 Å². The maximum Gasteiger partial charge on any atom is 1.00 e. The normalized spacial score (nSPS) is 8.29. The number of hydrogen-bond donors (Lipinski definition) is 2. The molecule has 0 aromatic heterocycles. The Labute approximate surface area is 78.7 Å². The Hall–Kier alpha value is 1.53. The van der Waals surface area contributed by atoms with Gasteiger partial charge in [0.25, 0.3) is 0 Å². The van der Waals surface area contributed by atoms with Gasteiger partial charge in [-0.15, -0.1) is 0 Å². The van der Waals surface area contributed by atoms with E-state index in [-0.39, 0.29) is 51.4 Å². The average molecular weight is 308 g/mol. The molecule has 0 aliphatic carbocycles. The minimum absolute atomic E-state index is 0. The van der Waals surface area contributed by atoms with Crippen LogP contribution in [0.4, 0.5) is 0 Å². The van der Waals surface area contributed by atoms with Crippen LogP contribution in [0.2, 0.25) is 0 Å². The van der Waals surface area contributed by atoms with Crippen LogP contribution in [0, 0.1) is 0 Å². The van der Waals surface area contributed by atoms with Crippen LogP contribution in [0.25, 0.3) is 0 Å². The van der Waals surface area contributed by atoms with E-state index in [2.05, 4.69) is 0 Å². The van der Waals surface area contributed by atoms with Gasteiger partial charge < -0.3 is 1.43 Å². The zero-order chi connectivity index (χ0) is 4.50. The molecule has 0 aromatic rings. The summed E-state index contributed by atoms with van der Waals surface area (Å²) in [5.74, 6) is 0. The van der Waals surface area contributed by atoms with Crippen molar-refractivity contribution in [3.05, 3.63) is 0 Å². The summed E-state index contributed by atoms with van der Waals surface area (Å²) in [5.41, 5.74) is 0. The van der Waals surface area contributed by atoms with Crippen LogP contribution in [0.1, 0.15) is 1.43 Å². The molecule has 0 aliphatic heterocycles. The quantitative estimate of drug-likeness (QED) is 0.359. The first kappa shape index (κ1) is 15.8. The SMILES string of the molecule is O=S(=O)(O)O.[H-].[Na+].[Re]. The van der Waals surface area contributed by atoms with Crippen LogP contribution >= 0.6 is 0 Å². The zero-order valence-corrected chi connectivity index (χ0v) is 9.03. The van der Waals surface area contributed by atoms with Crippen molar-refractivity contribution in [1.82, 2.24) is 0 Å². The second-order valence-electron chi connectivity index (χ2n) is 0.448. The minimum Gasteiger partial charge on any atom is -1.00 e. The fraction of sp³-hybridized carbons (Fsp3) is 0. The van der Waals surface area contributed by atoms with Crippen LogP contribution in [-0.2, 0) is 30.8 Å². The zero-order valence-electron chi connectivity index (χ0n) is 4.50. The fourth-order valence-electron chi connectivity index (χ4n) is 0. The summed E-state index contributed by atoms with van der Waals surface area (Å²) in [6, 6.07) is 0. The molecule has 0 fully saturated rings. The third-order valence-electron chi connectivity index (χ3n) is 0. The van der Waals surface area contributed by atoms with Gasteiger partial charge in [0.2, 0.25) is 0 Å². The van der Waals surface area contributed by atoms with Crippen molar-refractivity contribution >= 4 is 10.4 Å². The van der Waals surface area contributed by atoms with Gasteiger partial charge in [-0.2, -0.15) is 8.42 Å². The second-order valence-corrected chi connectivity index (χ2v) is 1.34. The largest absolute Gasteiger partial charge is 1.00 e. The van der Waals surface area contributed by atoms with Gasteiger partial charge in [0.1, 0.15) is 0 Å². The molecule has 0 amide bonds. The maximum absolute atomic E-state index is 8.74. The molecule has 0 heterocycles. The topological polar surface area (TPSA) is 74.6 Å². The molecule has 0 rings (SSSR count). The van der Waals surface area contributed by atoms with Gasteiger partial charge in [-0.05, 0) is 0 Å². The van der Waals surface area contributed by atoms with Gasteiger partial charge in [0.15, 0.2) is 0 Å². The molecule has 41 valence electrons. The van der Waals surface area contributed by atoms with Crippen molar-refractivity contribution in [2.24, 2.45) is 0 Å². The third-order valence-corrected chi connectivity index (χ3v) is 0. The van der Waals surface area contributed by atoms with Gasteiger partial charge in [-0.25, -0.2) is 0 Å².